The quantitative estimate of drug-likeness (QED) is 0.864. The van der Waals surface area contributed by atoms with Crippen LogP contribution in [0.3, 0.4) is 0 Å². The Morgan fingerprint density at radius 3 is 2.31 bits per heavy atom. The molecule has 7 heteroatoms. The topological polar surface area (TPSA) is 80.8 Å². The van der Waals surface area contributed by atoms with E-state index in [0.29, 0.717) is 50.3 Å². The second kappa shape index (κ2) is 7.93. The predicted octanol–water partition coefficient (Wildman–Crippen LogP) is 2.93. The maximum absolute atomic E-state index is 12.9. The molecule has 0 atom stereocenters. The van der Waals surface area contributed by atoms with Crippen molar-refractivity contribution in [1.82, 2.24) is 9.88 Å². The number of nitrogens with zero attached hydrogens (tertiary/aromatic N) is 2. The van der Waals surface area contributed by atoms with Gasteiger partial charge in [-0.15, -0.1) is 0 Å². The number of nitrogens with one attached hydrogen (secondary N) is 1. The zero-order chi connectivity index (χ0) is 20.4. The Morgan fingerprint density at radius 1 is 1.03 bits per heavy atom. The normalized spacial score (nSPS) is 18.1. The first-order chi connectivity index (χ1) is 14.0. The average Bonchev–Trinajstić information content (AvgIpc) is 3.19. The molecule has 4 rings (SSSR count). The SMILES string of the molecule is Cc1cccc(C)c1NC(=O)c1cncc(C(=O)N2CCC3(CC2)OCCO3)c1. The highest BCUT2D eigenvalue weighted by molar-refractivity contribution is 6.06. The van der Waals surface area contributed by atoms with E-state index in [0.717, 1.165) is 16.8 Å². The van der Waals surface area contributed by atoms with E-state index < -0.39 is 5.79 Å². The highest BCUT2D eigenvalue weighted by atomic mass is 16.7. The van der Waals surface area contributed by atoms with Gasteiger partial charge in [0, 0.05) is 44.0 Å². The van der Waals surface area contributed by atoms with Crippen LogP contribution in [0.5, 0.6) is 0 Å². The molecule has 0 aliphatic carbocycles. The highest BCUT2D eigenvalue weighted by Gasteiger charge is 2.40. The van der Waals surface area contributed by atoms with E-state index in [2.05, 4.69) is 10.3 Å². The third kappa shape index (κ3) is 4.02. The van der Waals surface area contributed by atoms with Crippen LogP contribution in [-0.4, -0.2) is 53.8 Å². The fraction of sp³-hybridized carbons (Fsp3) is 0.409. The van der Waals surface area contributed by atoms with Crippen LogP contribution in [0, 0.1) is 13.8 Å². The Morgan fingerprint density at radius 2 is 1.66 bits per heavy atom. The summed E-state index contributed by atoms with van der Waals surface area (Å²) in [7, 11) is 0. The lowest BCUT2D eigenvalue weighted by Gasteiger charge is -2.37. The fourth-order valence-corrected chi connectivity index (χ4v) is 3.90. The number of amides is 2. The molecule has 1 aromatic carbocycles. The number of ether oxygens (including phenoxy) is 2. The van der Waals surface area contributed by atoms with E-state index in [1.165, 1.54) is 12.4 Å². The lowest BCUT2D eigenvalue weighted by Crippen LogP contribution is -2.47. The van der Waals surface area contributed by atoms with Crippen molar-refractivity contribution < 1.29 is 19.1 Å². The monoisotopic (exact) mass is 395 g/mol. The Labute approximate surface area is 170 Å². The molecule has 0 bridgehead atoms. The zero-order valence-electron chi connectivity index (χ0n) is 16.7. The minimum atomic E-state index is -0.526. The number of rotatable bonds is 3. The van der Waals surface area contributed by atoms with Crippen LogP contribution in [0.4, 0.5) is 5.69 Å². The minimum Gasteiger partial charge on any atom is -0.347 e. The molecule has 2 aromatic rings. The number of para-hydroxylation sites is 1. The number of piperidine rings is 1. The Balaban J connectivity index is 1.45. The molecule has 3 heterocycles. The first-order valence-electron chi connectivity index (χ1n) is 9.87. The van der Waals surface area contributed by atoms with Crippen molar-refractivity contribution in [1.29, 1.82) is 0 Å². The van der Waals surface area contributed by atoms with Crippen LogP contribution in [0.2, 0.25) is 0 Å². The molecule has 1 spiro atoms. The van der Waals surface area contributed by atoms with Gasteiger partial charge < -0.3 is 19.7 Å². The largest absolute Gasteiger partial charge is 0.347 e. The summed E-state index contributed by atoms with van der Waals surface area (Å²) in [5.74, 6) is -0.940. The summed E-state index contributed by atoms with van der Waals surface area (Å²) in [6.45, 7) is 6.21. The summed E-state index contributed by atoms with van der Waals surface area (Å²) in [4.78, 5) is 31.5. The van der Waals surface area contributed by atoms with E-state index in [1.807, 2.05) is 32.0 Å². The van der Waals surface area contributed by atoms with Gasteiger partial charge in [0.25, 0.3) is 11.8 Å². The number of aryl methyl sites for hydroxylation is 2. The van der Waals surface area contributed by atoms with Crippen LogP contribution in [-0.2, 0) is 9.47 Å². The van der Waals surface area contributed by atoms with Gasteiger partial charge in [0.1, 0.15) is 0 Å². The number of pyridine rings is 1. The molecule has 2 fully saturated rings. The molecule has 152 valence electrons. The molecule has 2 amide bonds. The van der Waals surface area contributed by atoms with Gasteiger partial charge >= 0.3 is 0 Å². The van der Waals surface area contributed by atoms with Crippen LogP contribution in [0.25, 0.3) is 0 Å². The summed E-state index contributed by atoms with van der Waals surface area (Å²) in [6.07, 6.45) is 4.29. The van der Waals surface area contributed by atoms with Gasteiger partial charge in [-0.05, 0) is 31.0 Å². The van der Waals surface area contributed by atoms with Crippen molar-refractivity contribution in [3.8, 4) is 0 Å². The lowest BCUT2D eigenvalue weighted by molar-refractivity contribution is -0.181. The van der Waals surface area contributed by atoms with Gasteiger partial charge in [0.05, 0.1) is 24.3 Å². The van der Waals surface area contributed by atoms with Gasteiger partial charge in [-0.1, -0.05) is 18.2 Å². The van der Waals surface area contributed by atoms with Crippen molar-refractivity contribution in [2.45, 2.75) is 32.5 Å². The highest BCUT2D eigenvalue weighted by Crippen LogP contribution is 2.31. The van der Waals surface area contributed by atoms with Gasteiger partial charge in [0.15, 0.2) is 5.79 Å². The second-order valence-corrected chi connectivity index (χ2v) is 7.58. The first-order valence-corrected chi connectivity index (χ1v) is 9.87. The average molecular weight is 395 g/mol. The number of likely N-dealkylation sites (tertiary alicyclic amines) is 1. The first kappa shape index (κ1) is 19.5. The van der Waals surface area contributed by atoms with E-state index >= 15 is 0 Å². The van der Waals surface area contributed by atoms with E-state index in [9.17, 15) is 9.59 Å². The number of aromatic nitrogens is 1. The summed E-state index contributed by atoms with van der Waals surface area (Å²) >= 11 is 0. The molecule has 7 nitrogen and oxygen atoms in total. The van der Waals surface area contributed by atoms with Gasteiger partial charge in [0.2, 0.25) is 0 Å². The van der Waals surface area contributed by atoms with Crippen LogP contribution < -0.4 is 5.32 Å². The van der Waals surface area contributed by atoms with Gasteiger partial charge in [-0.2, -0.15) is 0 Å². The Hall–Kier alpha value is -2.77. The minimum absolute atomic E-state index is 0.132. The lowest BCUT2D eigenvalue weighted by atomic mass is 10.0. The number of carbonyl (C=O) groups excluding carboxylic acids is 2. The molecule has 1 aromatic heterocycles. The van der Waals surface area contributed by atoms with Crippen molar-refractivity contribution in [3.05, 3.63) is 58.9 Å². The molecular weight excluding hydrogens is 370 g/mol. The predicted molar refractivity (Wildman–Crippen MR) is 108 cm³/mol. The van der Waals surface area contributed by atoms with E-state index in [4.69, 9.17) is 9.47 Å². The molecule has 29 heavy (non-hydrogen) atoms. The molecule has 2 saturated heterocycles. The summed E-state index contributed by atoms with van der Waals surface area (Å²) < 4.78 is 11.4. The summed E-state index contributed by atoms with van der Waals surface area (Å²) in [5, 5.41) is 2.94. The number of anilines is 1. The molecule has 0 radical (unpaired) electrons. The van der Waals surface area contributed by atoms with Gasteiger partial charge in [-0.25, -0.2) is 0 Å². The maximum Gasteiger partial charge on any atom is 0.257 e. The van der Waals surface area contributed by atoms with E-state index in [1.54, 1.807) is 11.0 Å². The van der Waals surface area contributed by atoms with Crippen LogP contribution in [0.15, 0.2) is 36.7 Å². The molecule has 1 N–H and O–H groups in total. The fourth-order valence-electron chi connectivity index (χ4n) is 3.90. The van der Waals surface area contributed by atoms with E-state index in [-0.39, 0.29) is 11.8 Å². The summed E-state index contributed by atoms with van der Waals surface area (Å²) in [5.41, 5.74) is 3.51. The second-order valence-electron chi connectivity index (χ2n) is 7.58. The van der Waals surface area contributed by atoms with Crippen LogP contribution in [0.1, 0.15) is 44.7 Å². The van der Waals surface area contributed by atoms with Crippen molar-refractivity contribution >= 4 is 17.5 Å². The van der Waals surface area contributed by atoms with Crippen molar-refractivity contribution in [2.75, 3.05) is 31.6 Å². The van der Waals surface area contributed by atoms with Crippen molar-refractivity contribution in [3.63, 3.8) is 0 Å². The molecule has 0 saturated carbocycles. The van der Waals surface area contributed by atoms with Crippen LogP contribution >= 0.6 is 0 Å². The Kier molecular flexibility index (Phi) is 5.34. The summed E-state index contributed by atoms with van der Waals surface area (Å²) in [6, 6.07) is 7.44. The standard InChI is InChI=1S/C22H25N3O4/c1-15-4-3-5-16(2)19(15)24-20(26)17-12-18(14-23-13-17)21(27)25-8-6-22(7-9-25)28-10-11-29-22/h3-5,12-14H,6-11H2,1-2H3,(H,24,26). The number of benzene rings is 1. The van der Waals surface area contributed by atoms with Gasteiger partial charge in [-0.3, -0.25) is 14.6 Å². The Bertz CT molecular complexity index is 907. The number of hydrogen-bond acceptors (Lipinski definition) is 5. The van der Waals surface area contributed by atoms with Crippen molar-refractivity contribution in [2.24, 2.45) is 0 Å². The molecule has 2 aliphatic rings. The number of carbonyl (C=O) groups is 2. The molecule has 2 aliphatic heterocycles. The third-order valence-corrected chi connectivity index (χ3v) is 5.59. The molecule has 0 unspecified atom stereocenters. The smallest absolute Gasteiger partial charge is 0.257 e. The maximum atomic E-state index is 12.9. The number of hydrogen-bond donors (Lipinski definition) is 1. The zero-order valence-corrected chi connectivity index (χ0v) is 16.7. The third-order valence-electron chi connectivity index (χ3n) is 5.59. The molecular formula is C22H25N3O4.